The lowest BCUT2D eigenvalue weighted by atomic mass is 9.91. The Kier molecular flexibility index (Phi) is 3.77. The van der Waals surface area contributed by atoms with E-state index in [1.807, 2.05) is 54.6 Å². The lowest BCUT2D eigenvalue weighted by molar-refractivity contribution is 0.449. The van der Waals surface area contributed by atoms with Gasteiger partial charge in [0.15, 0.2) is 17.5 Å². The monoisotopic (exact) mass is 334 g/mol. The van der Waals surface area contributed by atoms with Gasteiger partial charge in [0.25, 0.3) is 0 Å². The van der Waals surface area contributed by atoms with Gasteiger partial charge in [-0.05, 0) is 39.6 Å². The van der Waals surface area contributed by atoms with Gasteiger partial charge in [-0.2, -0.15) is 0 Å². The van der Waals surface area contributed by atoms with Crippen LogP contribution in [0.25, 0.3) is 33.0 Å². The minimum Gasteiger partial charge on any atom is -0.204 e. The van der Waals surface area contributed by atoms with Crippen LogP contribution in [0.15, 0.2) is 78.9 Å². The van der Waals surface area contributed by atoms with E-state index in [-0.39, 0.29) is 5.56 Å². The van der Waals surface area contributed by atoms with Crippen LogP contribution in [0.1, 0.15) is 0 Å². The highest BCUT2D eigenvalue weighted by atomic mass is 19.2. The van der Waals surface area contributed by atoms with Gasteiger partial charge in [0.05, 0.1) is 0 Å². The van der Waals surface area contributed by atoms with Gasteiger partial charge in [-0.25, -0.2) is 13.2 Å². The van der Waals surface area contributed by atoms with Gasteiger partial charge < -0.3 is 0 Å². The summed E-state index contributed by atoms with van der Waals surface area (Å²) in [6.45, 7) is 0. The second-order valence-electron chi connectivity index (χ2n) is 5.80. The predicted molar refractivity (Wildman–Crippen MR) is 94.7 cm³/mol. The third-order valence-corrected chi connectivity index (χ3v) is 4.31. The van der Waals surface area contributed by atoms with Crippen molar-refractivity contribution in [1.29, 1.82) is 0 Å². The van der Waals surface area contributed by atoms with Crippen LogP contribution < -0.4 is 0 Å². The highest BCUT2D eigenvalue weighted by molar-refractivity contribution is 6.06. The molecule has 0 aliphatic rings. The molecule has 0 atom stereocenters. The van der Waals surface area contributed by atoms with Crippen LogP contribution >= 0.6 is 0 Å². The minimum absolute atomic E-state index is 0.0490. The molecular formula is C22H13F3. The smallest absolute Gasteiger partial charge is 0.195 e. The van der Waals surface area contributed by atoms with Crippen molar-refractivity contribution in [1.82, 2.24) is 0 Å². The zero-order valence-electron chi connectivity index (χ0n) is 13.1. The van der Waals surface area contributed by atoms with Crippen LogP contribution in [-0.4, -0.2) is 0 Å². The fourth-order valence-electron chi connectivity index (χ4n) is 3.16. The highest BCUT2D eigenvalue weighted by Gasteiger charge is 2.17. The maximum Gasteiger partial charge on any atom is 0.195 e. The molecule has 0 bridgehead atoms. The lowest BCUT2D eigenvalue weighted by Crippen LogP contribution is -1.95. The van der Waals surface area contributed by atoms with Crippen LogP contribution in [0.2, 0.25) is 0 Å². The second kappa shape index (κ2) is 6.10. The van der Waals surface area contributed by atoms with Crippen LogP contribution in [-0.2, 0) is 0 Å². The SMILES string of the molecule is Fc1ccc(-c2cccc3cccc(-c4ccccc4)c23)c(F)c1F. The summed E-state index contributed by atoms with van der Waals surface area (Å²) < 4.78 is 41.5. The molecule has 0 N–H and O–H groups in total. The van der Waals surface area contributed by atoms with Gasteiger partial charge in [-0.3, -0.25) is 0 Å². The molecule has 4 aromatic rings. The van der Waals surface area contributed by atoms with Crippen molar-refractivity contribution in [2.24, 2.45) is 0 Å². The molecule has 25 heavy (non-hydrogen) atoms. The van der Waals surface area contributed by atoms with Gasteiger partial charge in [-0.15, -0.1) is 0 Å². The van der Waals surface area contributed by atoms with Crippen molar-refractivity contribution in [3.63, 3.8) is 0 Å². The third-order valence-electron chi connectivity index (χ3n) is 4.31. The van der Waals surface area contributed by atoms with Crippen molar-refractivity contribution < 1.29 is 13.2 Å². The number of fused-ring (bicyclic) bond motifs is 1. The average molecular weight is 334 g/mol. The summed E-state index contributed by atoms with van der Waals surface area (Å²) in [5, 5.41) is 1.71. The quantitative estimate of drug-likeness (QED) is 0.363. The first-order valence-electron chi connectivity index (χ1n) is 7.88. The number of hydrogen-bond acceptors (Lipinski definition) is 0. The number of benzene rings is 4. The van der Waals surface area contributed by atoms with E-state index in [2.05, 4.69) is 0 Å². The summed E-state index contributed by atoms with van der Waals surface area (Å²) in [6, 6.07) is 23.2. The zero-order valence-corrected chi connectivity index (χ0v) is 13.1. The van der Waals surface area contributed by atoms with Crippen LogP contribution in [0.3, 0.4) is 0 Å². The molecule has 0 heterocycles. The lowest BCUT2D eigenvalue weighted by Gasteiger charge is -2.13. The molecule has 0 radical (unpaired) electrons. The Balaban J connectivity index is 2.08. The van der Waals surface area contributed by atoms with Gasteiger partial charge in [0.1, 0.15) is 0 Å². The molecule has 3 heteroatoms. The van der Waals surface area contributed by atoms with E-state index in [0.717, 1.165) is 28.0 Å². The van der Waals surface area contributed by atoms with Crippen LogP contribution in [0, 0.1) is 17.5 Å². The normalized spacial score (nSPS) is 11.0. The molecule has 0 fully saturated rings. The Hall–Kier alpha value is -3.07. The molecule has 4 rings (SSSR count). The maximum atomic E-state index is 14.4. The second-order valence-corrected chi connectivity index (χ2v) is 5.80. The molecule has 0 aromatic heterocycles. The van der Waals surface area contributed by atoms with Gasteiger partial charge in [0, 0.05) is 5.56 Å². The predicted octanol–water partition coefficient (Wildman–Crippen LogP) is 6.59. The summed E-state index contributed by atoms with van der Waals surface area (Å²) in [5.74, 6) is -3.81. The molecule has 0 unspecified atom stereocenters. The van der Waals surface area contributed by atoms with Gasteiger partial charge in [-0.1, -0.05) is 66.7 Å². The summed E-state index contributed by atoms with van der Waals surface area (Å²) in [5.41, 5.74) is 2.47. The van der Waals surface area contributed by atoms with E-state index < -0.39 is 17.5 Å². The van der Waals surface area contributed by atoms with Crippen LogP contribution in [0.5, 0.6) is 0 Å². The summed E-state index contributed by atoms with van der Waals surface area (Å²) in [6.07, 6.45) is 0. The molecule has 122 valence electrons. The largest absolute Gasteiger partial charge is 0.204 e. The third kappa shape index (κ3) is 2.58. The number of rotatable bonds is 2. The van der Waals surface area contributed by atoms with Crippen molar-refractivity contribution in [2.45, 2.75) is 0 Å². The van der Waals surface area contributed by atoms with Crippen LogP contribution in [0.4, 0.5) is 13.2 Å². The fourth-order valence-corrected chi connectivity index (χ4v) is 3.16. The summed E-state index contributed by atoms with van der Waals surface area (Å²) >= 11 is 0. The molecule has 0 aliphatic heterocycles. The summed E-state index contributed by atoms with van der Waals surface area (Å²) in [7, 11) is 0. The standard InChI is InChI=1S/C22H13F3/c23-19-13-12-18(21(24)22(19)25)17-11-5-9-15-8-4-10-16(20(15)17)14-6-2-1-3-7-14/h1-13H. The average Bonchev–Trinajstić information content (AvgIpc) is 2.66. The molecule has 0 saturated carbocycles. The Morgan fingerprint density at radius 3 is 1.88 bits per heavy atom. The Morgan fingerprint density at radius 2 is 1.16 bits per heavy atom. The molecule has 0 amide bonds. The number of halogens is 3. The highest BCUT2D eigenvalue weighted by Crippen LogP contribution is 2.37. The van der Waals surface area contributed by atoms with Crippen molar-refractivity contribution >= 4 is 10.8 Å². The van der Waals surface area contributed by atoms with E-state index in [1.54, 1.807) is 12.1 Å². The first-order valence-corrected chi connectivity index (χ1v) is 7.88. The van der Waals surface area contributed by atoms with E-state index in [0.29, 0.717) is 5.56 Å². The molecule has 0 spiro atoms. The number of hydrogen-bond donors (Lipinski definition) is 0. The first-order chi connectivity index (χ1) is 12.2. The van der Waals surface area contributed by atoms with E-state index in [4.69, 9.17) is 0 Å². The topological polar surface area (TPSA) is 0 Å². The molecule has 4 aromatic carbocycles. The molecular weight excluding hydrogens is 321 g/mol. The van der Waals surface area contributed by atoms with Gasteiger partial charge in [0.2, 0.25) is 0 Å². The Labute approximate surface area is 143 Å². The zero-order chi connectivity index (χ0) is 17.4. The molecule has 0 nitrogen and oxygen atoms in total. The fraction of sp³-hybridized carbons (Fsp3) is 0. The van der Waals surface area contributed by atoms with E-state index in [1.165, 1.54) is 6.07 Å². The molecule has 0 saturated heterocycles. The Morgan fingerprint density at radius 1 is 0.480 bits per heavy atom. The van der Waals surface area contributed by atoms with Crippen molar-refractivity contribution in [2.75, 3.05) is 0 Å². The molecule has 0 aliphatic carbocycles. The first kappa shape index (κ1) is 15.5. The maximum absolute atomic E-state index is 14.4. The van der Waals surface area contributed by atoms with E-state index in [9.17, 15) is 13.2 Å². The Bertz CT molecular complexity index is 1060. The van der Waals surface area contributed by atoms with Gasteiger partial charge >= 0.3 is 0 Å². The summed E-state index contributed by atoms with van der Waals surface area (Å²) in [4.78, 5) is 0. The van der Waals surface area contributed by atoms with E-state index >= 15 is 0 Å². The minimum atomic E-state index is -1.45. The van der Waals surface area contributed by atoms with Crippen molar-refractivity contribution in [3.8, 4) is 22.3 Å². The van der Waals surface area contributed by atoms with Crippen molar-refractivity contribution in [3.05, 3.63) is 96.3 Å².